The molecule has 0 spiro atoms. The van der Waals surface area contributed by atoms with Gasteiger partial charge in [0, 0.05) is 17.3 Å². The number of aromatic nitrogens is 1. The average Bonchev–Trinajstić information content (AvgIpc) is 2.55. The van der Waals surface area contributed by atoms with Crippen molar-refractivity contribution < 1.29 is 25.5 Å². The van der Waals surface area contributed by atoms with Gasteiger partial charge in [-0.3, -0.25) is 4.98 Å². The maximum atomic E-state index is 9.55. The van der Waals surface area contributed by atoms with Crippen LogP contribution >= 0.6 is 0 Å². The Morgan fingerprint density at radius 2 is 1.17 bits per heavy atom. The van der Waals surface area contributed by atoms with Crippen molar-refractivity contribution in [1.29, 1.82) is 0 Å². The summed E-state index contributed by atoms with van der Waals surface area (Å²) in [6.45, 7) is 0. The minimum atomic E-state index is -0.571. The lowest BCUT2D eigenvalue weighted by molar-refractivity contribution is 0.368. The minimum absolute atomic E-state index is 0.208. The predicted octanol–water partition coefficient (Wildman–Crippen LogP) is 2.94. The van der Waals surface area contributed by atoms with Crippen LogP contribution in [0.5, 0.6) is 28.7 Å². The highest BCUT2D eigenvalue weighted by Gasteiger charge is 2.10. The molecule has 0 atom stereocenters. The second-order valence-corrected chi connectivity index (χ2v) is 5.00. The second kappa shape index (κ2) is 5.42. The zero-order valence-electron chi connectivity index (χ0n) is 11.8. The number of phenols is 5. The van der Waals surface area contributed by atoms with Gasteiger partial charge in [-0.15, -0.1) is 0 Å². The molecule has 0 bridgehead atoms. The largest absolute Gasteiger partial charge is 0.504 e. The van der Waals surface area contributed by atoms with Crippen molar-refractivity contribution in [3.8, 4) is 51.1 Å². The van der Waals surface area contributed by atoms with Gasteiger partial charge in [0.25, 0.3) is 0 Å². The maximum Gasteiger partial charge on any atom is 0.200 e. The Morgan fingerprint density at radius 1 is 0.565 bits per heavy atom. The van der Waals surface area contributed by atoms with Crippen LogP contribution in [-0.4, -0.2) is 30.5 Å². The Labute approximate surface area is 131 Å². The highest BCUT2D eigenvalue weighted by Crippen LogP contribution is 2.39. The molecule has 0 fully saturated rings. The van der Waals surface area contributed by atoms with Crippen molar-refractivity contribution in [2.75, 3.05) is 0 Å². The van der Waals surface area contributed by atoms with Gasteiger partial charge in [-0.25, -0.2) is 0 Å². The topological polar surface area (TPSA) is 114 Å². The number of phenolic OH excluding ortho intramolecular Hbond substituents is 5. The minimum Gasteiger partial charge on any atom is -0.504 e. The first-order valence-electron chi connectivity index (χ1n) is 6.69. The molecule has 0 aliphatic heterocycles. The summed E-state index contributed by atoms with van der Waals surface area (Å²) in [6.07, 6.45) is 1.53. The molecule has 5 N–H and O–H groups in total. The SMILES string of the molecule is Oc1ccc(-c2ccc(-c3cc(O)c(O)c(O)c3)cn2)cc1O. The van der Waals surface area contributed by atoms with Crippen molar-refractivity contribution in [3.05, 3.63) is 48.7 Å². The van der Waals surface area contributed by atoms with Crippen LogP contribution < -0.4 is 0 Å². The molecule has 0 saturated heterocycles. The van der Waals surface area contributed by atoms with Crippen molar-refractivity contribution in [2.45, 2.75) is 0 Å². The normalized spacial score (nSPS) is 10.6. The third kappa shape index (κ3) is 2.69. The van der Waals surface area contributed by atoms with Crippen LogP contribution in [0.4, 0.5) is 0 Å². The molecule has 2 aromatic carbocycles. The Balaban J connectivity index is 1.97. The van der Waals surface area contributed by atoms with E-state index < -0.39 is 17.2 Å². The molecule has 1 aromatic heterocycles. The molecule has 6 nitrogen and oxygen atoms in total. The number of pyridine rings is 1. The van der Waals surface area contributed by atoms with E-state index in [0.717, 1.165) is 0 Å². The summed E-state index contributed by atoms with van der Waals surface area (Å²) < 4.78 is 0. The molecule has 3 aromatic rings. The van der Waals surface area contributed by atoms with Crippen LogP contribution in [0.15, 0.2) is 48.7 Å². The third-order valence-corrected chi connectivity index (χ3v) is 3.44. The molecular formula is C17H13NO5. The fraction of sp³-hybridized carbons (Fsp3) is 0. The maximum absolute atomic E-state index is 9.55. The van der Waals surface area contributed by atoms with E-state index in [1.165, 1.54) is 30.5 Å². The molecule has 0 unspecified atom stereocenters. The van der Waals surface area contributed by atoms with Crippen LogP contribution in [0.1, 0.15) is 0 Å². The summed E-state index contributed by atoms with van der Waals surface area (Å²) >= 11 is 0. The van der Waals surface area contributed by atoms with Gasteiger partial charge in [0.1, 0.15) is 0 Å². The molecule has 0 radical (unpaired) electrons. The Kier molecular flexibility index (Phi) is 3.42. The van der Waals surface area contributed by atoms with Gasteiger partial charge in [0.05, 0.1) is 5.69 Å². The number of hydrogen-bond acceptors (Lipinski definition) is 6. The molecule has 0 aliphatic rings. The van der Waals surface area contributed by atoms with Gasteiger partial charge in [-0.1, -0.05) is 6.07 Å². The van der Waals surface area contributed by atoms with E-state index in [1.807, 2.05) is 0 Å². The molecule has 0 saturated carbocycles. The molecule has 0 aliphatic carbocycles. The van der Waals surface area contributed by atoms with Crippen molar-refractivity contribution >= 4 is 0 Å². The summed E-state index contributed by atoms with van der Waals surface area (Å²) in [4.78, 5) is 4.26. The van der Waals surface area contributed by atoms with Crippen molar-refractivity contribution in [2.24, 2.45) is 0 Å². The zero-order valence-corrected chi connectivity index (χ0v) is 11.8. The van der Waals surface area contributed by atoms with E-state index in [2.05, 4.69) is 4.98 Å². The number of hydrogen-bond donors (Lipinski definition) is 5. The molecule has 23 heavy (non-hydrogen) atoms. The summed E-state index contributed by atoms with van der Waals surface area (Å²) in [7, 11) is 0. The summed E-state index contributed by atoms with van der Waals surface area (Å²) in [5.41, 5.74) is 2.33. The fourth-order valence-electron chi connectivity index (χ4n) is 2.19. The van der Waals surface area contributed by atoms with Crippen molar-refractivity contribution in [3.63, 3.8) is 0 Å². The lowest BCUT2D eigenvalue weighted by Crippen LogP contribution is -1.86. The van der Waals surface area contributed by atoms with Crippen LogP contribution in [0.2, 0.25) is 0 Å². The number of nitrogens with zero attached hydrogens (tertiary/aromatic N) is 1. The smallest absolute Gasteiger partial charge is 0.200 e. The second-order valence-electron chi connectivity index (χ2n) is 5.00. The van der Waals surface area contributed by atoms with Crippen molar-refractivity contribution in [1.82, 2.24) is 4.98 Å². The Hall–Kier alpha value is -3.41. The van der Waals surface area contributed by atoms with E-state index in [0.29, 0.717) is 22.4 Å². The number of rotatable bonds is 2. The molecule has 0 amide bonds. The van der Waals surface area contributed by atoms with Gasteiger partial charge >= 0.3 is 0 Å². The molecule has 6 heteroatoms. The van der Waals surface area contributed by atoms with Gasteiger partial charge in [-0.05, 0) is 42.0 Å². The van der Waals surface area contributed by atoms with Crippen LogP contribution in [0, 0.1) is 0 Å². The quantitative estimate of drug-likeness (QED) is 0.465. The molecular weight excluding hydrogens is 298 g/mol. The first kappa shape index (κ1) is 14.5. The first-order chi connectivity index (χ1) is 11.0. The Morgan fingerprint density at radius 3 is 1.74 bits per heavy atom. The standard InChI is InChI=1S/C17H13NO5/c19-13-4-2-9(5-14(13)20)12-3-1-10(8-18-12)11-6-15(21)17(23)16(22)7-11/h1-8,19-23H. The lowest BCUT2D eigenvalue weighted by atomic mass is 10.0. The summed E-state index contributed by atoms with van der Waals surface area (Å²) in [6, 6.07) is 10.4. The molecule has 1 heterocycles. The molecule has 116 valence electrons. The van der Waals surface area contributed by atoms with E-state index in [4.69, 9.17) is 0 Å². The highest BCUT2D eigenvalue weighted by molar-refractivity contribution is 5.72. The Bertz CT molecular complexity index is 852. The zero-order chi connectivity index (χ0) is 16.6. The molecule has 3 rings (SSSR count). The number of aromatic hydroxyl groups is 5. The first-order valence-corrected chi connectivity index (χ1v) is 6.69. The van der Waals surface area contributed by atoms with E-state index >= 15 is 0 Å². The number of benzene rings is 2. The van der Waals surface area contributed by atoms with Gasteiger partial charge < -0.3 is 25.5 Å². The highest BCUT2D eigenvalue weighted by atomic mass is 16.3. The van der Waals surface area contributed by atoms with Gasteiger partial charge in [0.2, 0.25) is 0 Å². The van der Waals surface area contributed by atoms with Crippen LogP contribution in [-0.2, 0) is 0 Å². The monoisotopic (exact) mass is 311 g/mol. The van der Waals surface area contributed by atoms with Gasteiger partial charge in [-0.2, -0.15) is 0 Å². The van der Waals surface area contributed by atoms with Gasteiger partial charge in [0.15, 0.2) is 28.7 Å². The van der Waals surface area contributed by atoms with E-state index in [9.17, 15) is 25.5 Å². The third-order valence-electron chi connectivity index (χ3n) is 3.44. The van der Waals surface area contributed by atoms with Crippen LogP contribution in [0.3, 0.4) is 0 Å². The fourth-order valence-corrected chi connectivity index (χ4v) is 2.19. The summed E-state index contributed by atoms with van der Waals surface area (Å²) in [5, 5.41) is 47.3. The van der Waals surface area contributed by atoms with Crippen LogP contribution in [0.25, 0.3) is 22.4 Å². The van der Waals surface area contributed by atoms with E-state index in [-0.39, 0.29) is 11.5 Å². The van der Waals surface area contributed by atoms with E-state index in [1.54, 1.807) is 18.2 Å². The predicted molar refractivity (Wildman–Crippen MR) is 83.4 cm³/mol. The lowest BCUT2D eigenvalue weighted by Gasteiger charge is -2.07. The average molecular weight is 311 g/mol. The summed E-state index contributed by atoms with van der Waals surface area (Å²) in [5.74, 6) is -1.86.